The van der Waals surface area contributed by atoms with Crippen LogP contribution in [0.2, 0.25) is 0 Å². The minimum Gasteiger partial charge on any atom is -0.497 e. The van der Waals surface area contributed by atoms with Gasteiger partial charge in [0.05, 0.1) is 31.3 Å². The molecule has 0 saturated carbocycles. The number of aliphatic hydroxyl groups is 1. The Balaban J connectivity index is 1.39. The lowest BCUT2D eigenvalue weighted by Crippen LogP contribution is -2.43. The third kappa shape index (κ3) is 6.77. The maximum Gasteiger partial charge on any atom is 0.303 e. The molecule has 39 heavy (non-hydrogen) atoms. The fraction of sp³-hybridized carbons (Fsp3) is 0.429. The van der Waals surface area contributed by atoms with E-state index in [4.69, 9.17) is 4.74 Å². The molecular weight excluding hydrogens is 518 g/mol. The molecule has 1 aromatic heterocycles. The lowest BCUT2D eigenvalue weighted by Gasteiger charge is -2.41. The molecule has 1 aliphatic rings. The monoisotopic (exact) mass is 549 g/mol. The average molecular weight is 550 g/mol. The van der Waals surface area contributed by atoms with Crippen LogP contribution in [0.25, 0.3) is 10.9 Å². The molecule has 11 heteroatoms. The smallest absolute Gasteiger partial charge is 0.303 e. The molecule has 0 amide bonds. The number of fused-ring (bicyclic) bond motifs is 1. The molecule has 1 atom stereocenters. The summed E-state index contributed by atoms with van der Waals surface area (Å²) in [5, 5.41) is 23.7. The Labute approximate surface area is 223 Å². The number of likely N-dealkylation sites (tertiary alicyclic amines) is 1. The van der Waals surface area contributed by atoms with Crippen LogP contribution in [-0.2, 0) is 4.79 Å². The number of pyridine rings is 1. The van der Waals surface area contributed by atoms with Crippen molar-refractivity contribution in [3.8, 4) is 5.75 Å². The molecule has 3 aromatic rings. The number of nitrogens with one attached hydrogen (secondary N) is 1. The summed E-state index contributed by atoms with van der Waals surface area (Å²) >= 11 is 0. The molecular formula is C28H31F4N3O4. The summed E-state index contributed by atoms with van der Waals surface area (Å²) in [6.07, 6.45) is 1.38. The number of hydrogen-bond acceptors (Lipinski definition) is 6. The molecule has 7 nitrogen and oxygen atoms in total. The van der Waals surface area contributed by atoms with Gasteiger partial charge in [-0.2, -0.15) is 0 Å². The zero-order chi connectivity index (χ0) is 28.2. The number of piperidine rings is 1. The van der Waals surface area contributed by atoms with Crippen molar-refractivity contribution < 1.29 is 37.3 Å². The molecule has 2 heterocycles. The molecule has 0 spiro atoms. The van der Waals surface area contributed by atoms with E-state index in [1.807, 2.05) is 4.90 Å². The molecule has 0 aliphatic carbocycles. The number of carbonyl (C=O) groups is 1. The highest BCUT2D eigenvalue weighted by Gasteiger charge is 2.37. The highest BCUT2D eigenvalue weighted by atomic mass is 19.1. The summed E-state index contributed by atoms with van der Waals surface area (Å²) in [6.45, 7) is 1.74. The zero-order valence-corrected chi connectivity index (χ0v) is 21.5. The normalized spacial score (nSPS) is 16.3. The lowest BCUT2D eigenvalue weighted by molar-refractivity contribution is -0.141. The Morgan fingerprint density at radius 2 is 1.82 bits per heavy atom. The van der Waals surface area contributed by atoms with Gasteiger partial charge in [0.2, 0.25) is 0 Å². The van der Waals surface area contributed by atoms with E-state index in [0.29, 0.717) is 67.7 Å². The highest BCUT2D eigenvalue weighted by molar-refractivity contribution is 5.84. The van der Waals surface area contributed by atoms with Gasteiger partial charge in [-0.05, 0) is 62.4 Å². The van der Waals surface area contributed by atoms with Crippen molar-refractivity contribution in [1.82, 2.24) is 9.88 Å². The number of methoxy groups -OCH3 is 1. The lowest BCUT2D eigenvalue weighted by atomic mass is 9.71. The molecule has 1 saturated heterocycles. The first kappa shape index (κ1) is 28.6. The van der Waals surface area contributed by atoms with Gasteiger partial charge in [0.15, 0.2) is 11.6 Å². The number of aliphatic carboxylic acids is 1. The fourth-order valence-corrected chi connectivity index (χ4v) is 5.36. The third-order valence-electron chi connectivity index (χ3n) is 7.53. The van der Waals surface area contributed by atoms with E-state index in [9.17, 15) is 32.6 Å². The van der Waals surface area contributed by atoms with Crippen LogP contribution in [0.4, 0.5) is 23.2 Å². The van der Waals surface area contributed by atoms with Gasteiger partial charge in [-0.1, -0.05) is 0 Å². The standard InChI is InChI=1S/C28H31F4N3O4/c1-39-18-2-3-23-19(14-18)26(22(32)16-34-23)24(36)4-5-28(15-25(37)38)6-9-35(10-7-28)11-8-33-27-20(30)12-17(29)13-21(27)31/h2-3,12-14,16,24,33,36H,4-11,15H2,1H3,(H,37,38). The molecule has 1 fully saturated rings. The van der Waals surface area contributed by atoms with Crippen molar-refractivity contribution in [1.29, 1.82) is 0 Å². The number of hydrogen-bond donors (Lipinski definition) is 3. The third-order valence-corrected chi connectivity index (χ3v) is 7.53. The Hall–Kier alpha value is -3.44. The quantitative estimate of drug-likeness (QED) is 0.280. The van der Waals surface area contributed by atoms with Crippen LogP contribution in [0.3, 0.4) is 0 Å². The Kier molecular flexibility index (Phi) is 8.91. The van der Waals surface area contributed by atoms with Crippen molar-refractivity contribution in [3.05, 3.63) is 65.4 Å². The van der Waals surface area contributed by atoms with Gasteiger partial charge in [-0.3, -0.25) is 9.78 Å². The van der Waals surface area contributed by atoms with Gasteiger partial charge in [-0.15, -0.1) is 0 Å². The molecule has 3 N–H and O–H groups in total. The van der Waals surface area contributed by atoms with Crippen molar-refractivity contribution >= 4 is 22.6 Å². The van der Waals surface area contributed by atoms with Crippen molar-refractivity contribution in [3.63, 3.8) is 0 Å². The predicted octanol–water partition coefficient (Wildman–Crippen LogP) is 5.28. The first-order valence-corrected chi connectivity index (χ1v) is 12.7. The van der Waals surface area contributed by atoms with Crippen LogP contribution < -0.4 is 10.1 Å². The number of anilines is 1. The first-order chi connectivity index (χ1) is 18.6. The van der Waals surface area contributed by atoms with E-state index in [1.165, 1.54) is 7.11 Å². The van der Waals surface area contributed by atoms with Crippen LogP contribution in [0.15, 0.2) is 36.5 Å². The number of aliphatic hydroxyl groups excluding tert-OH is 1. The van der Waals surface area contributed by atoms with Crippen LogP contribution in [0.5, 0.6) is 5.75 Å². The van der Waals surface area contributed by atoms with Gasteiger partial charge in [0, 0.05) is 36.2 Å². The number of aromatic nitrogens is 1. The summed E-state index contributed by atoms with van der Waals surface area (Å²) in [4.78, 5) is 17.8. The minimum absolute atomic E-state index is 0.0921. The van der Waals surface area contributed by atoms with Gasteiger partial charge in [0.25, 0.3) is 0 Å². The molecule has 0 radical (unpaired) electrons. The Morgan fingerprint density at radius 3 is 2.46 bits per heavy atom. The fourth-order valence-electron chi connectivity index (χ4n) is 5.36. The van der Waals surface area contributed by atoms with E-state index in [2.05, 4.69) is 10.3 Å². The van der Waals surface area contributed by atoms with Gasteiger partial charge < -0.3 is 25.2 Å². The van der Waals surface area contributed by atoms with Gasteiger partial charge in [0.1, 0.15) is 23.1 Å². The largest absolute Gasteiger partial charge is 0.497 e. The van der Waals surface area contributed by atoms with Crippen molar-refractivity contribution in [2.24, 2.45) is 5.41 Å². The van der Waals surface area contributed by atoms with Crippen molar-refractivity contribution in [2.75, 3.05) is 38.6 Å². The molecule has 210 valence electrons. The number of carboxylic acid groups (broad SMARTS) is 1. The van der Waals surface area contributed by atoms with E-state index >= 15 is 0 Å². The maximum absolute atomic E-state index is 14.8. The second-order valence-electron chi connectivity index (χ2n) is 10.0. The highest BCUT2D eigenvalue weighted by Crippen LogP contribution is 2.42. The maximum atomic E-state index is 14.8. The van der Waals surface area contributed by atoms with Crippen LogP contribution >= 0.6 is 0 Å². The second-order valence-corrected chi connectivity index (χ2v) is 10.0. The second kappa shape index (κ2) is 12.2. The number of ether oxygens (including phenoxy) is 1. The van der Waals surface area contributed by atoms with E-state index in [-0.39, 0.29) is 24.9 Å². The molecule has 4 rings (SSSR count). The first-order valence-electron chi connectivity index (χ1n) is 12.7. The van der Waals surface area contributed by atoms with Crippen LogP contribution in [-0.4, -0.2) is 59.4 Å². The van der Waals surface area contributed by atoms with Crippen LogP contribution in [0.1, 0.15) is 43.8 Å². The van der Waals surface area contributed by atoms with E-state index < -0.39 is 46.4 Å². The van der Waals surface area contributed by atoms with Gasteiger partial charge in [-0.25, -0.2) is 17.6 Å². The minimum atomic E-state index is -1.17. The number of halogens is 4. The molecule has 2 aromatic carbocycles. The predicted molar refractivity (Wildman–Crippen MR) is 138 cm³/mol. The topological polar surface area (TPSA) is 94.9 Å². The number of rotatable bonds is 11. The Bertz CT molecular complexity index is 1310. The van der Waals surface area contributed by atoms with E-state index in [1.54, 1.807) is 18.2 Å². The molecule has 1 aliphatic heterocycles. The summed E-state index contributed by atoms with van der Waals surface area (Å²) < 4.78 is 60.9. The van der Waals surface area contributed by atoms with Gasteiger partial charge >= 0.3 is 5.97 Å². The molecule has 1 unspecified atom stereocenters. The number of benzene rings is 2. The summed E-state index contributed by atoms with van der Waals surface area (Å²) in [5.41, 5.74) is -0.374. The zero-order valence-electron chi connectivity index (χ0n) is 21.5. The SMILES string of the molecule is COc1ccc2ncc(F)c(C(O)CCC3(CC(=O)O)CCN(CCNc4c(F)cc(F)cc4F)CC3)c2c1. The average Bonchev–Trinajstić information content (AvgIpc) is 2.89. The summed E-state index contributed by atoms with van der Waals surface area (Å²) in [5.74, 6) is -4.12. The van der Waals surface area contributed by atoms with E-state index in [0.717, 1.165) is 6.20 Å². The number of carboxylic acids is 1. The Morgan fingerprint density at radius 1 is 1.13 bits per heavy atom. The van der Waals surface area contributed by atoms with Crippen LogP contribution in [0, 0.1) is 28.7 Å². The van der Waals surface area contributed by atoms with Crippen molar-refractivity contribution in [2.45, 2.75) is 38.2 Å². The molecule has 0 bridgehead atoms. The summed E-state index contributed by atoms with van der Waals surface area (Å²) in [7, 11) is 1.49. The summed E-state index contributed by atoms with van der Waals surface area (Å²) in [6, 6.07) is 6.21. The number of nitrogens with zero attached hydrogens (tertiary/aromatic N) is 2.